The number of esters is 1. The van der Waals surface area contributed by atoms with Crippen molar-refractivity contribution in [2.24, 2.45) is 0 Å². The molecular weight excluding hydrogens is 295 g/mol. The van der Waals surface area contributed by atoms with Crippen LogP contribution in [0.3, 0.4) is 0 Å². The van der Waals surface area contributed by atoms with Crippen molar-refractivity contribution in [3.63, 3.8) is 0 Å². The molecule has 0 saturated carbocycles. The molecule has 1 aromatic heterocycles. The van der Waals surface area contributed by atoms with Gasteiger partial charge in [-0.2, -0.15) is 5.10 Å². The normalized spacial score (nSPS) is 10.3. The molecule has 0 radical (unpaired) electrons. The Balaban J connectivity index is 2.77. The van der Waals surface area contributed by atoms with E-state index in [1.807, 2.05) is 13.8 Å². The molecule has 0 aromatic carbocycles. The second-order valence-electron chi connectivity index (χ2n) is 2.95. The molecule has 0 N–H and O–H groups in total. The van der Waals surface area contributed by atoms with Crippen molar-refractivity contribution in [1.82, 2.24) is 9.78 Å². The molecule has 1 heterocycles. The summed E-state index contributed by atoms with van der Waals surface area (Å²) in [7, 11) is 0. The summed E-state index contributed by atoms with van der Waals surface area (Å²) in [5.74, 6) is -0.241. The lowest BCUT2D eigenvalue weighted by Gasteiger charge is -2.03. The summed E-state index contributed by atoms with van der Waals surface area (Å²) in [6.07, 6.45) is 0. The van der Waals surface area contributed by atoms with E-state index >= 15 is 0 Å². The fourth-order valence-electron chi connectivity index (χ4n) is 1.16. The Morgan fingerprint density at radius 1 is 1.57 bits per heavy atom. The maximum Gasteiger partial charge on any atom is 0.327 e. The van der Waals surface area contributed by atoms with Gasteiger partial charge in [-0.1, -0.05) is 0 Å². The summed E-state index contributed by atoms with van der Waals surface area (Å²) in [6.45, 7) is 6.28. The van der Waals surface area contributed by atoms with E-state index in [4.69, 9.17) is 4.74 Å². The van der Waals surface area contributed by atoms with Gasteiger partial charge in [0.05, 0.1) is 15.9 Å². The van der Waals surface area contributed by atoms with Crippen LogP contribution in [0.1, 0.15) is 18.3 Å². The van der Waals surface area contributed by atoms with Gasteiger partial charge in [0.2, 0.25) is 0 Å². The zero-order valence-electron chi connectivity index (χ0n) is 8.50. The van der Waals surface area contributed by atoms with Crippen LogP contribution in [-0.2, 0) is 16.1 Å². The van der Waals surface area contributed by atoms with Crippen LogP contribution in [0.2, 0.25) is 0 Å². The van der Waals surface area contributed by atoms with Crippen LogP contribution in [-0.4, -0.2) is 22.4 Å². The fourth-order valence-corrected chi connectivity index (χ4v) is 1.54. The molecule has 0 bridgehead atoms. The van der Waals surface area contributed by atoms with Gasteiger partial charge in [0.15, 0.2) is 0 Å². The number of nitrogens with zero attached hydrogens (tertiary/aromatic N) is 2. The highest BCUT2D eigenvalue weighted by molar-refractivity contribution is 14.1. The molecule has 0 aliphatic heterocycles. The topological polar surface area (TPSA) is 44.1 Å². The molecule has 0 atom stereocenters. The number of carbonyl (C=O) groups excluding carboxylic acids is 1. The molecular formula is C9H13IN2O2. The Morgan fingerprint density at radius 2 is 2.21 bits per heavy atom. The molecule has 0 unspecified atom stereocenters. The number of carbonyl (C=O) groups is 1. The summed E-state index contributed by atoms with van der Waals surface area (Å²) in [6, 6.07) is 0. The van der Waals surface area contributed by atoms with Gasteiger partial charge in [-0.05, 0) is 43.4 Å². The van der Waals surface area contributed by atoms with Crippen molar-refractivity contribution in [2.45, 2.75) is 27.3 Å². The zero-order valence-corrected chi connectivity index (χ0v) is 10.7. The van der Waals surface area contributed by atoms with Crippen LogP contribution < -0.4 is 0 Å². The molecule has 0 spiro atoms. The van der Waals surface area contributed by atoms with Crippen molar-refractivity contribution >= 4 is 28.6 Å². The van der Waals surface area contributed by atoms with Gasteiger partial charge in [-0.15, -0.1) is 0 Å². The predicted molar refractivity (Wildman–Crippen MR) is 61.1 cm³/mol. The van der Waals surface area contributed by atoms with E-state index in [1.54, 1.807) is 11.6 Å². The first kappa shape index (κ1) is 11.5. The SMILES string of the molecule is CCOC(=O)Cn1nc(C)c(I)c1C. The first-order chi connectivity index (χ1) is 6.56. The summed E-state index contributed by atoms with van der Waals surface area (Å²) in [4.78, 5) is 11.2. The van der Waals surface area contributed by atoms with E-state index in [0.717, 1.165) is 15.0 Å². The minimum absolute atomic E-state index is 0.198. The molecule has 5 heteroatoms. The second kappa shape index (κ2) is 4.77. The first-order valence-electron chi connectivity index (χ1n) is 4.41. The van der Waals surface area contributed by atoms with Crippen LogP contribution in [0.5, 0.6) is 0 Å². The number of rotatable bonds is 3. The van der Waals surface area contributed by atoms with E-state index in [9.17, 15) is 4.79 Å². The number of ether oxygens (including phenoxy) is 1. The Hall–Kier alpha value is -0.590. The zero-order chi connectivity index (χ0) is 10.7. The third kappa shape index (κ3) is 2.46. The standard InChI is InChI=1S/C9H13IN2O2/c1-4-14-8(13)5-12-7(3)9(10)6(2)11-12/h4-5H2,1-3H3. The van der Waals surface area contributed by atoms with Gasteiger partial charge in [-0.3, -0.25) is 9.48 Å². The van der Waals surface area contributed by atoms with Crippen LogP contribution in [0.25, 0.3) is 0 Å². The Labute approximate surface area is 96.8 Å². The summed E-state index contributed by atoms with van der Waals surface area (Å²) >= 11 is 2.22. The first-order valence-corrected chi connectivity index (χ1v) is 5.49. The third-order valence-corrected chi connectivity index (χ3v) is 3.44. The number of hydrogen-bond acceptors (Lipinski definition) is 3. The van der Waals surface area contributed by atoms with Crippen molar-refractivity contribution in [3.05, 3.63) is 15.0 Å². The van der Waals surface area contributed by atoms with E-state index in [2.05, 4.69) is 27.7 Å². The maximum atomic E-state index is 11.2. The molecule has 0 fully saturated rings. The molecule has 78 valence electrons. The van der Waals surface area contributed by atoms with E-state index < -0.39 is 0 Å². The van der Waals surface area contributed by atoms with Crippen LogP contribution in [0.15, 0.2) is 0 Å². The van der Waals surface area contributed by atoms with Crippen LogP contribution in [0, 0.1) is 17.4 Å². The average molecular weight is 308 g/mol. The van der Waals surface area contributed by atoms with Crippen LogP contribution >= 0.6 is 22.6 Å². The highest BCUT2D eigenvalue weighted by Gasteiger charge is 2.11. The number of aromatic nitrogens is 2. The number of halogens is 1. The van der Waals surface area contributed by atoms with Gasteiger partial charge in [0.1, 0.15) is 6.54 Å². The Morgan fingerprint density at radius 3 is 2.64 bits per heavy atom. The molecule has 14 heavy (non-hydrogen) atoms. The lowest BCUT2D eigenvalue weighted by atomic mass is 10.4. The minimum Gasteiger partial charge on any atom is -0.465 e. The Kier molecular flexibility index (Phi) is 3.91. The third-order valence-electron chi connectivity index (χ3n) is 1.88. The molecule has 0 amide bonds. The summed E-state index contributed by atoms with van der Waals surface area (Å²) in [5.41, 5.74) is 1.96. The molecule has 1 aromatic rings. The molecule has 0 aliphatic rings. The monoisotopic (exact) mass is 308 g/mol. The van der Waals surface area contributed by atoms with Gasteiger partial charge in [-0.25, -0.2) is 0 Å². The highest BCUT2D eigenvalue weighted by atomic mass is 127. The quantitative estimate of drug-likeness (QED) is 0.630. The van der Waals surface area contributed by atoms with E-state index in [-0.39, 0.29) is 12.5 Å². The van der Waals surface area contributed by atoms with Crippen molar-refractivity contribution < 1.29 is 9.53 Å². The van der Waals surface area contributed by atoms with Gasteiger partial charge in [0, 0.05) is 5.69 Å². The summed E-state index contributed by atoms with van der Waals surface area (Å²) in [5, 5.41) is 4.24. The average Bonchev–Trinajstić information content (AvgIpc) is 2.34. The molecule has 1 rings (SSSR count). The molecule has 0 saturated heterocycles. The lowest BCUT2D eigenvalue weighted by molar-refractivity contribution is -0.144. The van der Waals surface area contributed by atoms with Gasteiger partial charge in [0.25, 0.3) is 0 Å². The van der Waals surface area contributed by atoms with E-state index in [0.29, 0.717) is 6.61 Å². The van der Waals surface area contributed by atoms with Gasteiger partial charge >= 0.3 is 5.97 Å². The largest absolute Gasteiger partial charge is 0.465 e. The second-order valence-corrected chi connectivity index (χ2v) is 4.03. The fraction of sp³-hybridized carbons (Fsp3) is 0.556. The van der Waals surface area contributed by atoms with Crippen molar-refractivity contribution in [3.8, 4) is 0 Å². The predicted octanol–water partition coefficient (Wildman–Crippen LogP) is 1.67. The van der Waals surface area contributed by atoms with Crippen molar-refractivity contribution in [2.75, 3.05) is 6.61 Å². The maximum absolute atomic E-state index is 11.2. The summed E-state index contributed by atoms with van der Waals surface area (Å²) < 4.78 is 7.63. The number of hydrogen-bond donors (Lipinski definition) is 0. The Bertz CT molecular complexity index is 347. The molecule has 0 aliphatic carbocycles. The lowest BCUT2D eigenvalue weighted by Crippen LogP contribution is -2.15. The van der Waals surface area contributed by atoms with Gasteiger partial charge < -0.3 is 4.74 Å². The molecule has 4 nitrogen and oxygen atoms in total. The number of aryl methyl sites for hydroxylation is 1. The van der Waals surface area contributed by atoms with Crippen molar-refractivity contribution in [1.29, 1.82) is 0 Å². The smallest absolute Gasteiger partial charge is 0.327 e. The minimum atomic E-state index is -0.241. The highest BCUT2D eigenvalue weighted by Crippen LogP contribution is 2.14. The van der Waals surface area contributed by atoms with E-state index in [1.165, 1.54) is 0 Å². The van der Waals surface area contributed by atoms with Crippen LogP contribution in [0.4, 0.5) is 0 Å².